The first-order valence-electron chi connectivity index (χ1n) is 6.04. The van der Waals surface area contributed by atoms with Gasteiger partial charge in [-0.2, -0.15) is 0 Å². The van der Waals surface area contributed by atoms with Gasteiger partial charge in [0.1, 0.15) is 5.75 Å². The van der Waals surface area contributed by atoms with Crippen molar-refractivity contribution in [3.63, 3.8) is 0 Å². The fourth-order valence-electron chi connectivity index (χ4n) is 1.64. The number of aromatic carboxylic acids is 1. The second-order valence-electron chi connectivity index (χ2n) is 3.93. The van der Waals surface area contributed by atoms with Crippen LogP contribution in [-0.2, 0) is 0 Å². The van der Waals surface area contributed by atoms with E-state index in [2.05, 4.69) is 0 Å². The van der Waals surface area contributed by atoms with Gasteiger partial charge in [0.05, 0.1) is 17.2 Å². The number of halogens is 1. The molecule has 5 heteroatoms. The molecule has 0 aliphatic heterocycles. The lowest BCUT2D eigenvalue weighted by atomic mass is 10.2. The van der Waals surface area contributed by atoms with E-state index in [4.69, 9.17) is 26.2 Å². The van der Waals surface area contributed by atoms with Crippen molar-refractivity contribution >= 4 is 17.6 Å². The first kappa shape index (κ1) is 14.2. The number of benzene rings is 2. The molecule has 1 N–H and O–H groups in total. The summed E-state index contributed by atoms with van der Waals surface area (Å²) in [6, 6.07) is 11.5. The van der Waals surface area contributed by atoms with E-state index in [1.165, 1.54) is 18.2 Å². The Bertz CT molecular complexity index is 625. The Kier molecular flexibility index (Phi) is 4.48. The minimum Gasteiger partial charge on any atom is -0.490 e. The molecule has 0 radical (unpaired) electrons. The van der Waals surface area contributed by atoms with Crippen molar-refractivity contribution in [3.05, 3.63) is 53.1 Å². The molecule has 0 aliphatic carbocycles. The van der Waals surface area contributed by atoms with Gasteiger partial charge in [-0.3, -0.25) is 0 Å². The normalized spacial score (nSPS) is 10.1. The fourth-order valence-corrected chi connectivity index (χ4v) is 1.86. The van der Waals surface area contributed by atoms with Crippen LogP contribution in [0.15, 0.2) is 42.5 Å². The third-order valence-corrected chi connectivity index (χ3v) is 2.84. The first-order valence-corrected chi connectivity index (χ1v) is 6.42. The Balaban J connectivity index is 2.28. The maximum Gasteiger partial charge on any atom is 0.335 e. The fraction of sp³-hybridized carbons (Fsp3) is 0.133. The number of para-hydroxylation sites is 2. The Morgan fingerprint density at radius 1 is 1.15 bits per heavy atom. The quantitative estimate of drug-likeness (QED) is 0.896. The molecule has 0 atom stereocenters. The molecule has 0 saturated heterocycles. The molecule has 0 bridgehead atoms. The number of carboxylic acid groups (broad SMARTS) is 1. The highest BCUT2D eigenvalue weighted by atomic mass is 35.5. The molecule has 0 aliphatic rings. The molecule has 2 aromatic carbocycles. The maximum absolute atomic E-state index is 10.8. The zero-order chi connectivity index (χ0) is 14.5. The number of rotatable bonds is 5. The van der Waals surface area contributed by atoms with Crippen LogP contribution >= 0.6 is 11.6 Å². The van der Waals surface area contributed by atoms with E-state index in [1.54, 1.807) is 12.1 Å². The predicted molar refractivity (Wildman–Crippen MR) is 76.1 cm³/mol. The SMILES string of the molecule is CCOc1ccccc1Oc1ccc(C(=O)O)cc1Cl. The highest BCUT2D eigenvalue weighted by Gasteiger charge is 2.11. The van der Waals surface area contributed by atoms with Crippen LogP contribution in [0.5, 0.6) is 17.2 Å². The average Bonchev–Trinajstić information content (AvgIpc) is 2.43. The van der Waals surface area contributed by atoms with Crippen LogP contribution in [0.2, 0.25) is 5.02 Å². The summed E-state index contributed by atoms with van der Waals surface area (Å²) >= 11 is 6.02. The van der Waals surface area contributed by atoms with Gasteiger partial charge in [-0.15, -0.1) is 0 Å². The van der Waals surface area contributed by atoms with Crippen LogP contribution in [0.1, 0.15) is 17.3 Å². The maximum atomic E-state index is 10.8. The van der Waals surface area contributed by atoms with Crippen molar-refractivity contribution in [1.29, 1.82) is 0 Å². The lowest BCUT2D eigenvalue weighted by Crippen LogP contribution is -1.97. The van der Waals surface area contributed by atoms with Gasteiger partial charge in [-0.25, -0.2) is 4.79 Å². The van der Waals surface area contributed by atoms with E-state index < -0.39 is 5.97 Å². The van der Waals surface area contributed by atoms with E-state index in [1.807, 2.05) is 19.1 Å². The molecule has 0 heterocycles. The van der Waals surface area contributed by atoms with Crippen LogP contribution < -0.4 is 9.47 Å². The predicted octanol–water partition coefficient (Wildman–Crippen LogP) is 4.23. The Labute approximate surface area is 121 Å². The number of hydrogen-bond donors (Lipinski definition) is 1. The number of carbonyl (C=O) groups is 1. The molecule has 20 heavy (non-hydrogen) atoms. The van der Waals surface area contributed by atoms with Crippen molar-refractivity contribution < 1.29 is 19.4 Å². The molecular weight excluding hydrogens is 280 g/mol. The van der Waals surface area contributed by atoms with Gasteiger partial charge in [-0.1, -0.05) is 23.7 Å². The molecule has 0 spiro atoms. The summed E-state index contributed by atoms with van der Waals surface area (Å²) in [5.41, 5.74) is 0.112. The summed E-state index contributed by atoms with van der Waals surface area (Å²) in [7, 11) is 0. The second-order valence-corrected chi connectivity index (χ2v) is 4.34. The molecule has 0 aromatic heterocycles. The minimum atomic E-state index is -1.03. The highest BCUT2D eigenvalue weighted by Crippen LogP contribution is 2.35. The van der Waals surface area contributed by atoms with E-state index in [0.717, 1.165) is 0 Å². The Morgan fingerprint density at radius 2 is 1.85 bits per heavy atom. The molecule has 0 amide bonds. The molecule has 2 rings (SSSR count). The summed E-state index contributed by atoms with van der Waals surface area (Å²) in [6.45, 7) is 2.40. The van der Waals surface area contributed by atoms with Crippen molar-refractivity contribution in [1.82, 2.24) is 0 Å². The van der Waals surface area contributed by atoms with Crippen molar-refractivity contribution in [2.75, 3.05) is 6.61 Å². The Morgan fingerprint density at radius 3 is 2.45 bits per heavy atom. The summed E-state index contributed by atoms with van der Waals surface area (Å²) < 4.78 is 11.1. The molecule has 0 unspecified atom stereocenters. The second kappa shape index (κ2) is 6.30. The van der Waals surface area contributed by atoms with E-state index in [-0.39, 0.29) is 10.6 Å². The Hall–Kier alpha value is -2.20. The van der Waals surface area contributed by atoms with Crippen molar-refractivity contribution in [3.8, 4) is 17.2 Å². The lowest BCUT2D eigenvalue weighted by Gasteiger charge is -2.12. The average molecular weight is 293 g/mol. The van der Waals surface area contributed by atoms with Gasteiger partial charge in [0, 0.05) is 0 Å². The molecule has 104 valence electrons. The zero-order valence-corrected chi connectivity index (χ0v) is 11.6. The van der Waals surface area contributed by atoms with Gasteiger partial charge >= 0.3 is 5.97 Å². The number of carboxylic acids is 1. The molecule has 4 nitrogen and oxygen atoms in total. The van der Waals surface area contributed by atoms with Gasteiger partial charge in [0.25, 0.3) is 0 Å². The molecule has 0 fully saturated rings. The number of ether oxygens (including phenoxy) is 2. The topological polar surface area (TPSA) is 55.8 Å². The monoisotopic (exact) mass is 292 g/mol. The van der Waals surface area contributed by atoms with Crippen LogP contribution in [0.3, 0.4) is 0 Å². The first-order chi connectivity index (χ1) is 9.61. The lowest BCUT2D eigenvalue weighted by molar-refractivity contribution is 0.0697. The van der Waals surface area contributed by atoms with Crippen molar-refractivity contribution in [2.24, 2.45) is 0 Å². The third-order valence-electron chi connectivity index (χ3n) is 2.55. The van der Waals surface area contributed by atoms with E-state index in [0.29, 0.717) is 23.9 Å². The summed E-state index contributed by atoms with van der Waals surface area (Å²) in [5, 5.41) is 9.12. The van der Waals surface area contributed by atoms with Crippen LogP contribution in [0, 0.1) is 0 Å². The van der Waals surface area contributed by atoms with Crippen molar-refractivity contribution in [2.45, 2.75) is 6.92 Å². The summed E-state index contributed by atoms with van der Waals surface area (Å²) in [5.74, 6) is 0.477. The van der Waals surface area contributed by atoms with Gasteiger partial charge < -0.3 is 14.6 Å². The highest BCUT2D eigenvalue weighted by molar-refractivity contribution is 6.32. The van der Waals surface area contributed by atoms with Crippen LogP contribution in [0.25, 0.3) is 0 Å². The zero-order valence-electron chi connectivity index (χ0n) is 10.8. The third kappa shape index (κ3) is 3.22. The van der Waals surface area contributed by atoms with Gasteiger partial charge in [0.2, 0.25) is 0 Å². The summed E-state index contributed by atoms with van der Waals surface area (Å²) in [6.07, 6.45) is 0. The molecule has 0 saturated carbocycles. The minimum absolute atomic E-state index is 0.112. The standard InChI is InChI=1S/C15H13ClO4/c1-2-19-13-5-3-4-6-14(13)20-12-8-7-10(15(17)18)9-11(12)16/h3-9H,2H2,1H3,(H,17,18). The van der Waals surface area contributed by atoms with Gasteiger partial charge in [-0.05, 0) is 37.3 Å². The van der Waals surface area contributed by atoms with E-state index in [9.17, 15) is 4.79 Å². The van der Waals surface area contributed by atoms with Gasteiger partial charge in [0.15, 0.2) is 11.5 Å². The summed E-state index contributed by atoms with van der Waals surface area (Å²) in [4.78, 5) is 10.8. The van der Waals surface area contributed by atoms with E-state index >= 15 is 0 Å². The molecular formula is C15H13ClO4. The van der Waals surface area contributed by atoms with Crippen LogP contribution in [-0.4, -0.2) is 17.7 Å². The smallest absolute Gasteiger partial charge is 0.335 e. The molecule has 2 aromatic rings. The number of hydrogen-bond acceptors (Lipinski definition) is 3. The largest absolute Gasteiger partial charge is 0.490 e. The van der Waals surface area contributed by atoms with Crippen LogP contribution in [0.4, 0.5) is 0 Å².